The number of ether oxygens (including phenoxy) is 1. The minimum atomic E-state index is -0.699. The topological polar surface area (TPSA) is 95.7 Å². The van der Waals surface area contributed by atoms with Gasteiger partial charge in [-0.1, -0.05) is 18.2 Å². The lowest BCUT2D eigenvalue weighted by molar-refractivity contribution is 0.386. The standard InChI is InChI=1S/C26H20F2N4O/c1-33-24-9-6-16(10-22(24)28)25-19(14-30)12-23(15-4-7-20(31)8-5-15)32-26(25)17-2-3-18(13-29)21(27)11-17/h2-4,6,9-12,20H,5,7-8,31H2,1H3. The van der Waals surface area contributed by atoms with E-state index in [1.807, 2.05) is 6.08 Å². The molecule has 1 unspecified atom stereocenters. The number of nitrogens with zero attached hydrogens (tertiary/aromatic N) is 3. The maximum atomic E-state index is 14.5. The van der Waals surface area contributed by atoms with E-state index in [1.165, 1.54) is 31.4 Å². The van der Waals surface area contributed by atoms with Gasteiger partial charge in [0.05, 0.1) is 35.7 Å². The molecule has 0 radical (unpaired) electrons. The van der Waals surface area contributed by atoms with Crippen molar-refractivity contribution < 1.29 is 13.5 Å². The molecule has 2 aromatic carbocycles. The van der Waals surface area contributed by atoms with E-state index >= 15 is 0 Å². The molecule has 0 aliphatic heterocycles. The molecule has 4 rings (SSSR count). The number of allylic oxidation sites excluding steroid dienone is 1. The fraction of sp³-hybridized carbons (Fsp3) is 0.192. The molecule has 3 aromatic rings. The van der Waals surface area contributed by atoms with Crippen LogP contribution in [0, 0.1) is 34.3 Å². The summed E-state index contributed by atoms with van der Waals surface area (Å²) in [7, 11) is 1.36. The van der Waals surface area contributed by atoms with Crippen molar-refractivity contribution in [2.75, 3.05) is 7.11 Å². The first kappa shape index (κ1) is 22.1. The molecular weight excluding hydrogens is 422 g/mol. The Morgan fingerprint density at radius 1 is 1.00 bits per heavy atom. The van der Waals surface area contributed by atoms with E-state index in [-0.39, 0.29) is 22.9 Å². The van der Waals surface area contributed by atoms with Crippen LogP contribution in [0.5, 0.6) is 5.75 Å². The number of nitriles is 2. The van der Waals surface area contributed by atoms with Crippen molar-refractivity contribution in [2.45, 2.75) is 25.3 Å². The number of aromatic nitrogens is 1. The van der Waals surface area contributed by atoms with Crippen molar-refractivity contribution in [3.63, 3.8) is 0 Å². The van der Waals surface area contributed by atoms with Gasteiger partial charge in [0.25, 0.3) is 0 Å². The van der Waals surface area contributed by atoms with Crippen LogP contribution >= 0.6 is 0 Å². The monoisotopic (exact) mass is 442 g/mol. The van der Waals surface area contributed by atoms with Crippen LogP contribution < -0.4 is 10.5 Å². The maximum absolute atomic E-state index is 14.5. The van der Waals surface area contributed by atoms with Crippen LogP contribution in [0.4, 0.5) is 8.78 Å². The van der Waals surface area contributed by atoms with Gasteiger partial charge < -0.3 is 10.5 Å². The Balaban J connectivity index is 1.99. The van der Waals surface area contributed by atoms with Gasteiger partial charge in [-0.05, 0) is 60.7 Å². The van der Waals surface area contributed by atoms with Gasteiger partial charge in [0, 0.05) is 17.2 Å². The molecule has 5 nitrogen and oxygen atoms in total. The minimum Gasteiger partial charge on any atom is -0.494 e. The number of rotatable bonds is 4. The van der Waals surface area contributed by atoms with Crippen LogP contribution in [-0.2, 0) is 0 Å². The molecule has 33 heavy (non-hydrogen) atoms. The highest BCUT2D eigenvalue weighted by molar-refractivity contribution is 5.87. The van der Waals surface area contributed by atoms with E-state index in [4.69, 9.17) is 20.7 Å². The Morgan fingerprint density at radius 3 is 2.33 bits per heavy atom. The highest BCUT2D eigenvalue weighted by Gasteiger charge is 2.21. The first-order chi connectivity index (χ1) is 15.9. The molecule has 0 bridgehead atoms. The Hall–Kier alpha value is -4.07. The lowest BCUT2D eigenvalue weighted by Crippen LogP contribution is -2.21. The summed E-state index contributed by atoms with van der Waals surface area (Å²) < 4.78 is 34.0. The molecule has 1 aromatic heterocycles. The van der Waals surface area contributed by atoms with Crippen LogP contribution in [0.3, 0.4) is 0 Å². The second kappa shape index (κ2) is 9.20. The van der Waals surface area contributed by atoms with Crippen molar-refractivity contribution in [3.05, 3.63) is 77.0 Å². The number of hydrogen-bond acceptors (Lipinski definition) is 5. The molecule has 0 saturated carbocycles. The van der Waals surface area contributed by atoms with Crippen LogP contribution in [0.25, 0.3) is 28.0 Å². The van der Waals surface area contributed by atoms with Gasteiger partial charge in [0.1, 0.15) is 11.9 Å². The average Bonchev–Trinajstić information content (AvgIpc) is 2.83. The SMILES string of the molecule is COc1ccc(-c2c(C#N)cc(C3=CCC(N)CC3)nc2-c2ccc(C#N)c(F)c2)cc1F. The number of methoxy groups -OCH3 is 1. The quantitative estimate of drug-likeness (QED) is 0.588. The number of nitrogens with two attached hydrogens (primary N) is 1. The largest absolute Gasteiger partial charge is 0.494 e. The first-order valence-electron chi connectivity index (χ1n) is 10.4. The average molecular weight is 442 g/mol. The molecule has 164 valence electrons. The van der Waals surface area contributed by atoms with Crippen LogP contribution in [-0.4, -0.2) is 18.1 Å². The third-order valence-electron chi connectivity index (χ3n) is 5.72. The van der Waals surface area contributed by atoms with Crippen molar-refractivity contribution >= 4 is 5.57 Å². The Bertz CT molecular complexity index is 1350. The summed E-state index contributed by atoms with van der Waals surface area (Å²) in [5.41, 5.74) is 9.21. The number of benzene rings is 2. The van der Waals surface area contributed by atoms with Gasteiger partial charge in [-0.3, -0.25) is 0 Å². The zero-order valence-corrected chi connectivity index (χ0v) is 17.9. The lowest BCUT2D eigenvalue weighted by Gasteiger charge is -2.20. The minimum absolute atomic E-state index is 0.0662. The van der Waals surface area contributed by atoms with Gasteiger partial charge in [-0.25, -0.2) is 13.8 Å². The summed E-state index contributed by atoms with van der Waals surface area (Å²) in [6.07, 6.45) is 4.21. The Labute approximate surface area is 190 Å². The summed E-state index contributed by atoms with van der Waals surface area (Å²) in [5.74, 6) is -1.23. The first-order valence-corrected chi connectivity index (χ1v) is 10.4. The molecule has 0 fully saturated rings. The third kappa shape index (κ3) is 4.32. The molecule has 1 atom stereocenters. The predicted octanol–water partition coefficient (Wildman–Crippen LogP) is 5.34. The molecule has 1 aliphatic carbocycles. The highest BCUT2D eigenvalue weighted by Crippen LogP contribution is 2.38. The van der Waals surface area contributed by atoms with Crippen molar-refractivity contribution in [3.8, 4) is 40.3 Å². The van der Waals surface area contributed by atoms with Crippen LogP contribution in [0.15, 0.2) is 48.5 Å². The second-order valence-electron chi connectivity index (χ2n) is 7.81. The van der Waals surface area contributed by atoms with E-state index < -0.39 is 11.6 Å². The zero-order chi connectivity index (χ0) is 23.5. The number of pyridine rings is 1. The fourth-order valence-corrected chi connectivity index (χ4v) is 3.96. The van der Waals surface area contributed by atoms with E-state index in [1.54, 1.807) is 24.3 Å². The van der Waals surface area contributed by atoms with E-state index in [2.05, 4.69) is 6.07 Å². The normalized spacial score (nSPS) is 15.3. The molecule has 0 saturated heterocycles. The maximum Gasteiger partial charge on any atom is 0.165 e. The summed E-state index contributed by atoms with van der Waals surface area (Å²) in [4.78, 5) is 4.78. The number of halogens is 2. The van der Waals surface area contributed by atoms with E-state index in [0.717, 1.165) is 12.0 Å². The summed E-state index contributed by atoms with van der Waals surface area (Å²) in [6.45, 7) is 0. The van der Waals surface area contributed by atoms with Crippen LogP contribution in [0.1, 0.15) is 36.1 Å². The van der Waals surface area contributed by atoms with Crippen LogP contribution in [0.2, 0.25) is 0 Å². The van der Waals surface area contributed by atoms with E-state index in [0.29, 0.717) is 40.9 Å². The second-order valence-corrected chi connectivity index (χ2v) is 7.81. The fourth-order valence-electron chi connectivity index (χ4n) is 3.96. The third-order valence-corrected chi connectivity index (χ3v) is 5.72. The van der Waals surface area contributed by atoms with Crippen molar-refractivity contribution in [2.24, 2.45) is 5.73 Å². The molecule has 0 amide bonds. The summed E-state index contributed by atoms with van der Waals surface area (Å²) in [5, 5.41) is 19.1. The Morgan fingerprint density at radius 2 is 1.73 bits per heavy atom. The van der Waals surface area contributed by atoms with Gasteiger partial charge in [-0.15, -0.1) is 0 Å². The number of hydrogen-bond donors (Lipinski definition) is 1. The van der Waals surface area contributed by atoms with Crippen molar-refractivity contribution in [1.29, 1.82) is 10.5 Å². The summed E-state index contributed by atoms with van der Waals surface area (Å²) in [6, 6.07) is 14.2. The van der Waals surface area contributed by atoms with Crippen molar-refractivity contribution in [1.82, 2.24) is 4.98 Å². The smallest absolute Gasteiger partial charge is 0.165 e. The lowest BCUT2D eigenvalue weighted by atomic mass is 9.89. The molecule has 1 heterocycles. The van der Waals surface area contributed by atoms with Gasteiger partial charge in [0.15, 0.2) is 11.6 Å². The van der Waals surface area contributed by atoms with Gasteiger partial charge in [0.2, 0.25) is 0 Å². The molecule has 0 spiro atoms. The summed E-state index contributed by atoms with van der Waals surface area (Å²) >= 11 is 0. The molecule has 2 N–H and O–H groups in total. The predicted molar refractivity (Wildman–Crippen MR) is 121 cm³/mol. The highest BCUT2D eigenvalue weighted by atomic mass is 19.1. The van der Waals surface area contributed by atoms with Gasteiger partial charge in [-0.2, -0.15) is 10.5 Å². The van der Waals surface area contributed by atoms with Gasteiger partial charge >= 0.3 is 0 Å². The Kier molecular flexibility index (Phi) is 6.17. The molecular formula is C26H20F2N4O. The molecule has 7 heteroatoms. The molecule has 1 aliphatic rings. The van der Waals surface area contributed by atoms with E-state index in [9.17, 15) is 14.0 Å². The zero-order valence-electron chi connectivity index (χ0n) is 17.9.